The number of hydrogen-bond acceptors (Lipinski definition) is 6. The van der Waals surface area contributed by atoms with E-state index in [-0.39, 0.29) is 0 Å². The fourth-order valence-electron chi connectivity index (χ4n) is 4.36. The molecular formula is C16H19N5O2. The molecule has 0 radical (unpaired) electrons. The van der Waals surface area contributed by atoms with Crippen molar-refractivity contribution in [2.75, 3.05) is 36.0 Å². The number of hydrogen-bond donors (Lipinski definition) is 0. The van der Waals surface area contributed by atoms with Crippen LogP contribution in [-0.4, -0.2) is 65.2 Å². The van der Waals surface area contributed by atoms with E-state index in [2.05, 4.69) is 21.0 Å². The molecule has 6 aliphatic heterocycles. The summed E-state index contributed by atoms with van der Waals surface area (Å²) >= 11 is 0. The molecule has 0 N–H and O–H groups in total. The smallest absolute Gasteiger partial charge is 0.159 e. The monoisotopic (exact) mass is 313 g/mol. The molecular weight excluding hydrogens is 294 g/mol. The average Bonchev–Trinajstić information content (AvgIpc) is 3.01. The molecule has 4 bridgehead atoms. The summed E-state index contributed by atoms with van der Waals surface area (Å²) in [5.74, 6) is 2.18. The molecule has 4 unspecified atom stereocenters. The van der Waals surface area contributed by atoms with Gasteiger partial charge in [0.1, 0.15) is 11.6 Å². The van der Waals surface area contributed by atoms with Crippen LogP contribution < -0.4 is 9.80 Å². The number of nitrogens with zero attached hydrogens (tertiary/aromatic N) is 5. The van der Waals surface area contributed by atoms with E-state index in [4.69, 9.17) is 14.5 Å². The maximum atomic E-state index is 5.77. The average molecular weight is 313 g/mol. The van der Waals surface area contributed by atoms with Gasteiger partial charge in [-0.3, -0.25) is 0 Å². The summed E-state index contributed by atoms with van der Waals surface area (Å²) in [5, 5.41) is 4.47. The van der Waals surface area contributed by atoms with Gasteiger partial charge in [0, 0.05) is 51.2 Å². The molecule has 7 nitrogen and oxygen atoms in total. The van der Waals surface area contributed by atoms with Crippen molar-refractivity contribution in [3.8, 4) is 0 Å². The van der Waals surface area contributed by atoms with E-state index < -0.39 is 0 Å². The molecule has 0 aromatic carbocycles. The summed E-state index contributed by atoms with van der Waals surface area (Å²) in [4.78, 5) is 9.57. The van der Waals surface area contributed by atoms with Crippen LogP contribution in [0.2, 0.25) is 0 Å². The molecule has 4 atom stereocenters. The van der Waals surface area contributed by atoms with Crippen LogP contribution in [0.4, 0.5) is 11.6 Å². The van der Waals surface area contributed by atoms with Gasteiger partial charge in [-0.15, -0.1) is 0 Å². The fourth-order valence-corrected chi connectivity index (χ4v) is 4.36. The van der Waals surface area contributed by atoms with Gasteiger partial charge in [0.2, 0.25) is 0 Å². The minimum Gasteiger partial charge on any atom is -0.371 e. The Bertz CT molecular complexity index is 745. The first-order valence-electron chi connectivity index (χ1n) is 8.47. The van der Waals surface area contributed by atoms with E-state index in [0.29, 0.717) is 24.4 Å². The molecule has 0 amide bonds. The minimum atomic E-state index is 0.381. The molecule has 8 heterocycles. The Morgan fingerprint density at radius 3 is 2.17 bits per heavy atom. The zero-order valence-corrected chi connectivity index (χ0v) is 12.8. The fraction of sp³-hybridized carbons (Fsp3) is 0.625. The maximum absolute atomic E-state index is 5.77. The Kier molecular flexibility index (Phi) is 2.38. The Morgan fingerprint density at radius 2 is 1.52 bits per heavy atom. The van der Waals surface area contributed by atoms with E-state index >= 15 is 0 Å². The summed E-state index contributed by atoms with van der Waals surface area (Å²) in [6.07, 6.45) is 5.76. The molecule has 0 spiro atoms. The highest BCUT2D eigenvalue weighted by Gasteiger charge is 2.41. The second-order valence-electron chi connectivity index (χ2n) is 7.12. The van der Waals surface area contributed by atoms with E-state index in [1.54, 1.807) is 0 Å². The van der Waals surface area contributed by atoms with Gasteiger partial charge in [-0.05, 0) is 0 Å². The van der Waals surface area contributed by atoms with E-state index in [1.165, 1.54) is 12.8 Å². The van der Waals surface area contributed by atoms with Crippen molar-refractivity contribution in [3.63, 3.8) is 0 Å². The van der Waals surface area contributed by atoms with Crippen molar-refractivity contribution < 1.29 is 9.47 Å². The number of piperidine rings is 2. The first-order chi connectivity index (χ1) is 11.3. The van der Waals surface area contributed by atoms with Crippen LogP contribution in [0.25, 0.3) is 5.65 Å². The lowest BCUT2D eigenvalue weighted by Gasteiger charge is -2.48. The third-order valence-corrected chi connectivity index (χ3v) is 5.49. The molecule has 0 aliphatic carbocycles. The van der Waals surface area contributed by atoms with Gasteiger partial charge in [0.25, 0.3) is 0 Å². The Balaban J connectivity index is 1.40. The van der Waals surface area contributed by atoms with E-state index in [1.807, 2.05) is 16.8 Å². The molecule has 6 aliphatic rings. The Hall–Kier alpha value is -1.86. The molecule has 8 rings (SSSR count). The van der Waals surface area contributed by atoms with E-state index in [9.17, 15) is 0 Å². The summed E-state index contributed by atoms with van der Waals surface area (Å²) in [6.45, 7) is 3.79. The number of fused-ring (bicyclic) bond motifs is 5. The molecule has 23 heavy (non-hydrogen) atoms. The zero-order chi connectivity index (χ0) is 15.0. The molecule has 6 fully saturated rings. The Labute approximate surface area is 133 Å². The predicted octanol–water partition coefficient (Wildman–Crippen LogP) is 0.684. The van der Waals surface area contributed by atoms with Crippen molar-refractivity contribution in [2.45, 2.75) is 37.3 Å². The lowest BCUT2D eigenvalue weighted by Crippen LogP contribution is -2.58. The van der Waals surface area contributed by atoms with Gasteiger partial charge < -0.3 is 19.3 Å². The maximum Gasteiger partial charge on any atom is 0.159 e. The summed E-state index contributed by atoms with van der Waals surface area (Å²) in [7, 11) is 0. The molecule has 0 saturated carbocycles. The van der Waals surface area contributed by atoms with Gasteiger partial charge in [-0.2, -0.15) is 9.61 Å². The third kappa shape index (κ3) is 1.83. The number of rotatable bonds is 2. The van der Waals surface area contributed by atoms with Crippen molar-refractivity contribution in [3.05, 3.63) is 18.3 Å². The highest BCUT2D eigenvalue weighted by molar-refractivity contribution is 5.60. The quantitative estimate of drug-likeness (QED) is 0.813. The number of anilines is 2. The van der Waals surface area contributed by atoms with Crippen molar-refractivity contribution in [2.24, 2.45) is 0 Å². The van der Waals surface area contributed by atoms with Crippen molar-refractivity contribution in [1.82, 2.24) is 14.6 Å². The number of ether oxygens (including phenoxy) is 2. The molecule has 6 saturated heterocycles. The lowest BCUT2D eigenvalue weighted by atomic mass is 9.98. The Morgan fingerprint density at radius 1 is 0.913 bits per heavy atom. The van der Waals surface area contributed by atoms with Gasteiger partial charge >= 0.3 is 0 Å². The first-order valence-corrected chi connectivity index (χ1v) is 8.47. The second-order valence-corrected chi connectivity index (χ2v) is 7.12. The van der Waals surface area contributed by atoms with Crippen LogP contribution in [0.3, 0.4) is 0 Å². The van der Waals surface area contributed by atoms with Crippen LogP contribution >= 0.6 is 0 Å². The zero-order valence-electron chi connectivity index (χ0n) is 12.8. The van der Waals surface area contributed by atoms with Crippen molar-refractivity contribution >= 4 is 17.3 Å². The van der Waals surface area contributed by atoms with Crippen LogP contribution in [0, 0.1) is 0 Å². The van der Waals surface area contributed by atoms with Gasteiger partial charge in [-0.1, -0.05) is 0 Å². The molecule has 2 aromatic heterocycles. The highest BCUT2D eigenvalue weighted by Crippen LogP contribution is 2.35. The summed E-state index contributed by atoms with van der Waals surface area (Å²) in [6, 6.07) is 4.17. The van der Waals surface area contributed by atoms with Crippen LogP contribution in [0.15, 0.2) is 18.3 Å². The minimum absolute atomic E-state index is 0.381. The van der Waals surface area contributed by atoms with Crippen LogP contribution in [0.5, 0.6) is 0 Å². The topological polar surface area (TPSA) is 55.1 Å². The van der Waals surface area contributed by atoms with Gasteiger partial charge in [0.05, 0.1) is 30.6 Å². The molecule has 2 aromatic rings. The predicted molar refractivity (Wildman–Crippen MR) is 84.0 cm³/mol. The summed E-state index contributed by atoms with van der Waals surface area (Å²) < 4.78 is 13.5. The van der Waals surface area contributed by atoms with E-state index in [0.717, 1.165) is 43.5 Å². The first kappa shape index (κ1) is 12.5. The summed E-state index contributed by atoms with van der Waals surface area (Å²) in [5.41, 5.74) is 0.915. The van der Waals surface area contributed by atoms with Crippen molar-refractivity contribution in [1.29, 1.82) is 0 Å². The largest absolute Gasteiger partial charge is 0.371 e. The molecule has 120 valence electrons. The van der Waals surface area contributed by atoms with Gasteiger partial charge in [-0.25, -0.2) is 4.98 Å². The third-order valence-electron chi connectivity index (χ3n) is 5.49. The normalized spacial score (nSPS) is 35.1. The number of morpholine rings is 2. The lowest BCUT2D eigenvalue weighted by molar-refractivity contribution is -0.133. The second kappa shape index (κ2) is 4.36. The molecule has 7 heteroatoms. The van der Waals surface area contributed by atoms with Crippen LogP contribution in [-0.2, 0) is 9.47 Å². The highest BCUT2D eigenvalue weighted by atomic mass is 16.5. The standard InChI is InChI=1S/C16H19N5O2/c1-2-17-21-14(1)18-15(19-6-10-3-11(7-19)22-10)5-16(21)20-8-12-4-13(9-20)23-12/h1-2,5,10-13H,3-4,6-9H2. The van der Waals surface area contributed by atoms with Crippen LogP contribution in [0.1, 0.15) is 12.8 Å². The van der Waals surface area contributed by atoms with Gasteiger partial charge in [0.15, 0.2) is 5.65 Å². The SMILES string of the molecule is c1cc2nc(N3CC4CC(C3)O4)cc(N3CC4CC(C3)O4)n2n1. The number of aromatic nitrogens is 3.